The molecule has 0 bridgehead atoms. The van der Waals surface area contributed by atoms with Crippen molar-refractivity contribution in [3.8, 4) is 11.3 Å². The minimum absolute atomic E-state index is 0.814. The Kier molecular flexibility index (Phi) is 3.21. The Morgan fingerprint density at radius 1 is 1.05 bits per heavy atom. The fraction of sp³-hybridized carbons (Fsp3) is 0.125. The topological polar surface area (TPSA) is 37.8 Å². The number of pyridine rings is 2. The summed E-state index contributed by atoms with van der Waals surface area (Å²) in [5.74, 6) is 0. The van der Waals surface area contributed by atoms with E-state index in [4.69, 9.17) is 0 Å². The highest BCUT2D eigenvalue weighted by atomic mass is 14.8. The molecule has 19 heavy (non-hydrogen) atoms. The Hall–Kier alpha value is -2.26. The molecule has 0 saturated heterocycles. The van der Waals surface area contributed by atoms with Crippen molar-refractivity contribution < 1.29 is 0 Å². The highest BCUT2D eigenvalue weighted by molar-refractivity contribution is 5.81. The van der Waals surface area contributed by atoms with Gasteiger partial charge in [0.15, 0.2) is 0 Å². The molecule has 3 heteroatoms. The predicted octanol–water partition coefficient (Wildman–Crippen LogP) is 3.02. The molecule has 2 aromatic heterocycles. The van der Waals surface area contributed by atoms with Crippen LogP contribution in [0.4, 0.5) is 0 Å². The minimum Gasteiger partial charge on any atom is -0.316 e. The molecule has 3 rings (SSSR count). The molecule has 0 aliphatic rings. The van der Waals surface area contributed by atoms with Crippen molar-refractivity contribution in [3.05, 3.63) is 60.4 Å². The molecule has 0 saturated carbocycles. The Balaban J connectivity index is 2.05. The van der Waals surface area contributed by atoms with Crippen LogP contribution in [0.15, 0.2) is 54.9 Å². The van der Waals surface area contributed by atoms with Crippen molar-refractivity contribution in [1.82, 2.24) is 15.3 Å². The molecule has 0 aliphatic heterocycles. The van der Waals surface area contributed by atoms with Crippen molar-refractivity contribution in [1.29, 1.82) is 0 Å². The molecule has 3 aromatic rings. The molecular weight excluding hydrogens is 234 g/mol. The van der Waals surface area contributed by atoms with Gasteiger partial charge in [-0.2, -0.15) is 0 Å². The molecule has 0 unspecified atom stereocenters. The molecule has 0 radical (unpaired) electrons. The van der Waals surface area contributed by atoms with E-state index in [9.17, 15) is 0 Å². The van der Waals surface area contributed by atoms with Gasteiger partial charge in [-0.25, -0.2) is 4.98 Å². The Morgan fingerprint density at radius 2 is 1.95 bits per heavy atom. The Labute approximate surface area is 112 Å². The summed E-state index contributed by atoms with van der Waals surface area (Å²) in [4.78, 5) is 8.97. The van der Waals surface area contributed by atoms with Crippen LogP contribution in [0, 0.1) is 0 Å². The quantitative estimate of drug-likeness (QED) is 0.775. The van der Waals surface area contributed by atoms with Crippen molar-refractivity contribution in [3.63, 3.8) is 0 Å². The van der Waals surface area contributed by atoms with Crippen LogP contribution in [0.5, 0.6) is 0 Å². The van der Waals surface area contributed by atoms with E-state index in [0.717, 1.165) is 34.3 Å². The monoisotopic (exact) mass is 249 g/mol. The smallest absolute Gasteiger partial charge is 0.0725 e. The van der Waals surface area contributed by atoms with Crippen LogP contribution in [0.2, 0.25) is 0 Å². The van der Waals surface area contributed by atoms with Gasteiger partial charge in [-0.05, 0) is 30.8 Å². The summed E-state index contributed by atoms with van der Waals surface area (Å²) < 4.78 is 0. The van der Waals surface area contributed by atoms with Crippen LogP contribution >= 0.6 is 0 Å². The van der Waals surface area contributed by atoms with Crippen molar-refractivity contribution in [2.24, 2.45) is 0 Å². The van der Waals surface area contributed by atoms with Crippen LogP contribution in [-0.2, 0) is 6.54 Å². The molecule has 0 spiro atoms. The van der Waals surface area contributed by atoms with E-state index in [1.165, 1.54) is 0 Å². The SMILES string of the molecule is CNCc1cncc(-c2ccc3ccccc3n2)c1. The number of aromatic nitrogens is 2. The Morgan fingerprint density at radius 3 is 2.84 bits per heavy atom. The van der Waals surface area contributed by atoms with Gasteiger partial charge < -0.3 is 5.32 Å². The van der Waals surface area contributed by atoms with Gasteiger partial charge >= 0.3 is 0 Å². The molecule has 2 heterocycles. The lowest BCUT2D eigenvalue weighted by molar-refractivity contribution is 0.813. The van der Waals surface area contributed by atoms with E-state index in [2.05, 4.69) is 33.5 Å². The number of para-hydroxylation sites is 1. The standard InChI is InChI=1S/C16H15N3/c1-17-9-12-8-14(11-18-10-12)16-7-6-13-4-2-3-5-15(13)19-16/h2-8,10-11,17H,9H2,1H3. The number of benzene rings is 1. The predicted molar refractivity (Wildman–Crippen MR) is 77.7 cm³/mol. The van der Waals surface area contributed by atoms with Gasteiger partial charge in [0.2, 0.25) is 0 Å². The van der Waals surface area contributed by atoms with Gasteiger partial charge in [-0.15, -0.1) is 0 Å². The van der Waals surface area contributed by atoms with Crippen molar-refractivity contribution in [2.75, 3.05) is 7.05 Å². The van der Waals surface area contributed by atoms with E-state index < -0.39 is 0 Å². The van der Waals surface area contributed by atoms with E-state index in [-0.39, 0.29) is 0 Å². The first-order valence-electron chi connectivity index (χ1n) is 6.31. The summed E-state index contributed by atoms with van der Waals surface area (Å²) in [6, 6.07) is 14.4. The van der Waals surface area contributed by atoms with Crippen molar-refractivity contribution in [2.45, 2.75) is 6.54 Å². The van der Waals surface area contributed by atoms with Gasteiger partial charge in [-0.1, -0.05) is 24.3 Å². The first-order chi connectivity index (χ1) is 9.36. The molecule has 0 aliphatic carbocycles. The van der Waals surface area contributed by atoms with Crippen LogP contribution < -0.4 is 5.32 Å². The largest absolute Gasteiger partial charge is 0.316 e. The number of nitrogens with zero attached hydrogens (tertiary/aromatic N) is 2. The van der Waals surface area contributed by atoms with Crippen LogP contribution in [-0.4, -0.2) is 17.0 Å². The molecule has 1 N–H and O–H groups in total. The molecule has 0 fully saturated rings. The van der Waals surface area contributed by atoms with E-state index >= 15 is 0 Å². The number of nitrogens with one attached hydrogen (secondary N) is 1. The van der Waals surface area contributed by atoms with Gasteiger partial charge in [0.25, 0.3) is 0 Å². The molecular formula is C16H15N3. The van der Waals surface area contributed by atoms with Gasteiger partial charge in [0.05, 0.1) is 11.2 Å². The molecule has 3 nitrogen and oxygen atoms in total. The van der Waals surface area contributed by atoms with E-state index in [1.807, 2.05) is 43.7 Å². The molecule has 0 atom stereocenters. The van der Waals surface area contributed by atoms with E-state index in [0.29, 0.717) is 0 Å². The highest BCUT2D eigenvalue weighted by Crippen LogP contribution is 2.20. The summed E-state index contributed by atoms with van der Waals surface area (Å²) in [5, 5.41) is 4.29. The maximum Gasteiger partial charge on any atom is 0.0725 e. The summed E-state index contributed by atoms with van der Waals surface area (Å²) in [6.07, 6.45) is 3.73. The summed E-state index contributed by atoms with van der Waals surface area (Å²) in [7, 11) is 1.93. The van der Waals surface area contributed by atoms with E-state index in [1.54, 1.807) is 0 Å². The lowest BCUT2D eigenvalue weighted by atomic mass is 10.1. The number of fused-ring (bicyclic) bond motifs is 1. The van der Waals surface area contributed by atoms with Crippen LogP contribution in [0.1, 0.15) is 5.56 Å². The highest BCUT2D eigenvalue weighted by Gasteiger charge is 2.03. The Bertz CT molecular complexity index is 707. The summed E-state index contributed by atoms with van der Waals surface area (Å²) in [6.45, 7) is 0.814. The maximum absolute atomic E-state index is 4.69. The zero-order chi connectivity index (χ0) is 13.1. The number of hydrogen-bond donors (Lipinski definition) is 1. The number of hydrogen-bond acceptors (Lipinski definition) is 3. The minimum atomic E-state index is 0.814. The second-order valence-electron chi connectivity index (χ2n) is 4.50. The average Bonchev–Trinajstić information content (AvgIpc) is 2.47. The normalized spacial score (nSPS) is 10.8. The zero-order valence-electron chi connectivity index (χ0n) is 10.8. The van der Waals surface area contributed by atoms with Crippen LogP contribution in [0.25, 0.3) is 22.2 Å². The van der Waals surface area contributed by atoms with Crippen LogP contribution in [0.3, 0.4) is 0 Å². The fourth-order valence-corrected chi connectivity index (χ4v) is 2.16. The van der Waals surface area contributed by atoms with Gasteiger partial charge in [0, 0.05) is 29.9 Å². The third-order valence-electron chi connectivity index (χ3n) is 3.07. The lowest BCUT2D eigenvalue weighted by Gasteiger charge is -2.05. The number of rotatable bonds is 3. The first kappa shape index (κ1) is 11.8. The first-order valence-corrected chi connectivity index (χ1v) is 6.31. The average molecular weight is 249 g/mol. The van der Waals surface area contributed by atoms with Gasteiger partial charge in [-0.3, -0.25) is 4.98 Å². The van der Waals surface area contributed by atoms with Crippen molar-refractivity contribution >= 4 is 10.9 Å². The summed E-state index contributed by atoms with van der Waals surface area (Å²) in [5.41, 5.74) is 4.19. The summed E-state index contributed by atoms with van der Waals surface area (Å²) >= 11 is 0. The maximum atomic E-state index is 4.69. The third kappa shape index (κ3) is 2.46. The zero-order valence-corrected chi connectivity index (χ0v) is 10.8. The molecule has 0 amide bonds. The fourth-order valence-electron chi connectivity index (χ4n) is 2.16. The third-order valence-corrected chi connectivity index (χ3v) is 3.07. The second-order valence-corrected chi connectivity index (χ2v) is 4.50. The second kappa shape index (κ2) is 5.16. The van der Waals surface area contributed by atoms with Gasteiger partial charge in [0.1, 0.15) is 0 Å². The molecule has 94 valence electrons. The molecule has 1 aromatic carbocycles. The lowest BCUT2D eigenvalue weighted by Crippen LogP contribution is -2.05.